The molecule has 0 saturated carbocycles. The molecule has 9 rings (SSSR count). The predicted octanol–water partition coefficient (Wildman–Crippen LogP) is -4.30. The third-order valence-corrected chi connectivity index (χ3v) is 12.4. The van der Waals surface area contributed by atoms with E-state index in [9.17, 15) is 10.2 Å². The van der Waals surface area contributed by atoms with Crippen molar-refractivity contribution in [3.05, 3.63) is 90.8 Å². The molecule has 266 valence electrons. The third-order valence-electron chi connectivity index (χ3n) is 12.4. The molecule has 0 aliphatic rings. The van der Waals surface area contributed by atoms with Gasteiger partial charge in [-0.2, -0.15) is 0 Å². The van der Waals surface area contributed by atoms with Crippen molar-refractivity contribution in [3.63, 3.8) is 0 Å². The molecule has 0 fully saturated rings. The fourth-order valence-electron chi connectivity index (χ4n) is 8.76. The Morgan fingerprint density at radius 3 is 1.45 bits per heavy atom. The number of aromatic nitrogens is 2. The zero-order valence-corrected chi connectivity index (χ0v) is 34.6. The lowest BCUT2D eigenvalue weighted by Crippen LogP contribution is -2.50. The van der Waals surface area contributed by atoms with Gasteiger partial charge >= 0.3 is 0 Å². The number of para-hydroxylation sites is 2. The fourth-order valence-corrected chi connectivity index (χ4v) is 8.76. The minimum Gasteiger partial charge on any atom is -0.509 e. The van der Waals surface area contributed by atoms with E-state index in [0.717, 1.165) is 10.8 Å². The molecule has 8 aromatic carbocycles. The van der Waals surface area contributed by atoms with E-state index in [1.807, 2.05) is 54.6 Å². The maximum absolute atomic E-state index is 11.5. The average molecular weight is 790 g/mol. The highest BCUT2D eigenvalue weighted by Crippen LogP contribution is 2.45. The maximum atomic E-state index is 11.5. The average Bonchev–Trinajstić information content (AvgIpc) is 3.69. The van der Waals surface area contributed by atoms with Crippen LogP contribution in [0, 0.1) is 0 Å². The quantitative estimate of drug-likeness (QED) is 0.102. The second-order valence-corrected chi connectivity index (χ2v) is 16.2. The molecule has 0 bridgehead atoms. The molecule has 2 N–H and O–H groups in total. The number of phenolic OH excluding ortho intramolecular Hbond substituents is 2. The summed E-state index contributed by atoms with van der Waals surface area (Å²) in [6, 6.07) is 25.4. The maximum Gasteiger partial charge on any atom is 0.120 e. The lowest BCUT2D eigenvalue weighted by Gasteiger charge is -2.41. The van der Waals surface area contributed by atoms with Gasteiger partial charge in [-0.1, -0.05) is 92.6 Å². The molecular weight excluding hydrogens is 773 g/mol. The van der Waals surface area contributed by atoms with Gasteiger partial charge in [0, 0.05) is 11.3 Å². The molecule has 32 radical (unpaired) electrons. The van der Waals surface area contributed by atoms with E-state index in [1.165, 1.54) is 0 Å². The molecular formula is C45H16B16N2O2. The summed E-state index contributed by atoms with van der Waals surface area (Å²) in [5, 5.41) is 21.2. The van der Waals surface area contributed by atoms with E-state index < -0.39 is 21.8 Å². The number of rotatable bonds is 6. The molecule has 1 aromatic heterocycles. The van der Waals surface area contributed by atoms with Gasteiger partial charge in [0.1, 0.15) is 104 Å². The van der Waals surface area contributed by atoms with Gasteiger partial charge in [-0.05, 0) is 95.9 Å². The monoisotopic (exact) mass is 792 g/mol. The fraction of sp³-hybridized carbons (Fsp3) is 0.0444. The topological polar surface area (TPSA) is 58.3 Å². The molecule has 20 heteroatoms. The molecule has 0 unspecified atom stereocenters. The van der Waals surface area contributed by atoms with Gasteiger partial charge in [-0.15, -0.1) is 27.0 Å². The van der Waals surface area contributed by atoms with E-state index in [1.54, 1.807) is 34.9 Å². The Kier molecular flexibility index (Phi) is 10.8. The van der Waals surface area contributed by atoms with Gasteiger partial charge in [0.05, 0.1) is 50.3 Å². The van der Waals surface area contributed by atoms with Crippen LogP contribution in [-0.2, 0) is 5.21 Å². The van der Waals surface area contributed by atoms with Crippen molar-refractivity contribution in [2.24, 2.45) is 0 Å². The summed E-state index contributed by atoms with van der Waals surface area (Å²) >= 11 is 0. The van der Waals surface area contributed by atoms with Crippen molar-refractivity contribution >= 4 is 229 Å². The van der Waals surface area contributed by atoms with Crippen molar-refractivity contribution in [3.8, 4) is 50.6 Å². The van der Waals surface area contributed by atoms with Crippen molar-refractivity contribution in [2.45, 2.75) is 10.3 Å². The van der Waals surface area contributed by atoms with E-state index in [0.29, 0.717) is 60.5 Å². The zero-order valence-electron chi connectivity index (χ0n) is 34.6. The summed E-state index contributed by atoms with van der Waals surface area (Å²) in [7, 11) is 105. The van der Waals surface area contributed by atoms with Gasteiger partial charge in [0.25, 0.3) is 0 Å². The van der Waals surface area contributed by atoms with Crippen LogP contribution in [0.25, 0.3) is 82.4 Å². The van der Waals surface area contributed by atoms with Crippen molar-refractivity contribution < 1.29 is 10.2 Å². The number of hydrogen-bond donors (Lipinski definition) is 2. The minimum atomic E-state index is -2.05. The zero-order chi connectivity index (χ0) is 46.9. The lowest BCUT2D eigenvalue weighted by molar-refractivity contribution is 0.472. The van der Waals surface area contributed by atoms with Gasteiger partial charge in [-0.25, -0.2) is 4.98 Å². The van der Waals surface area contributed by atoms with E-state index in [2.05, 4.69) is 0 Å². The Balaban J connectivity index is 1.39. The standard InChI is InChI=1S/C45H16B16N2O2/c46-30-26-23(17-10-9-16-14-18(12-11-15(16)13-17)63-22-8-4-3-7-21(22)62-43(63)44(57,58)45(59,60)61)27-29(33(49)38(54)36(52)31(27)47)24(28(26)32(48)37(53)35(30)51)19-5-1-2-6-20(19)25-34(50)42(65)40(56)39(55)41(25)64/h1-14,64-65H. The van der Waals surface area contributed by atoms with Crippen LogP contribution >= 0.6 is 0 Å². The highest BCUT2D eigenvalue weighted by molar-refractivity contribution is 6.71. The van der Waals surface area contributed by atoms with Crippen molar-refractivity contribution in [1.82, 2.24) is 9.55 Å². The molecule has 9 aromatic rings. The van der Waals surface area contributed by atoms with Crippen LogP contribution in [0.5, 0.6) is 11.5 Å². The number of phenols is 2. The van der Waals surface area contributed by atoms with E-state index in [4.69, 9.17) is 131 Å². The highest BCUT2D eigenvalue weighted by atomic mass is 16.3. The molecule has 4 nitrogen and oxygen atoms in total. The number of benzene rings is 8. The van der Waals surface area contributed by atoms with Crippen LogP contribution < -0.4 is 60.1 Å². The summed E-state index contributed by atoms with van der Waals surface area (Å²) in [6.07, 6.45) is 0. The first kappa shape index (κ1) is 44.8. The predicted molar refractivity (Wildman–Crippen MR) is 286 cm³/mol. The number of nitrogens with zero attached hydrogens (tertiary/aromatic N) is 2. The van der Waals surface area contributed by atoms with Gasteiger partial charge in [0.15, 0.2) is 0 Å². The van der Waals surface area contributed by atoms with Crippen LogP contribution in [-0.4, -0.2) is 145 Å². The highest BCUT2D eigenvalue weighted by Gasteiger charge is 2.37. The Morgan fingerprint density at radius 1 is 0.431 bits per heavy atom. The van der Waals surface area contributed by atoms with Crippen LogP contribution in [0.1, 0.15) is 5.82 Å². The molecule has 65 heavy (non-hydrogen) atoms. The molecule has 0 spiro atoms. The Hall–Kier alpha value is -5.35. The van der Waals surface area contributed by atoms with Gasteiger partial charge < -0.3 is 10.2 Å². The second kappa shape index (κ2) is 15.6. The number of imidazole rings is 1. The van der Waals surface area contributed by atoms with Crippen LogP contribution in [0.4, 0.5) is 0 Å². The van der Waals surface area contributed by atoms with E-state index in [-0.39, 0.29) is 77.0 Å². The third kappa shape index (κ3) is 6.54. The summed E-state index contributed by atoms with van der Waals surface area (Å²) in [4.78, 5) is 4.70. The Morgan fingerprint density at radius 2 is 0.892 bits per heavy atom. The first-order valence-corrected chi connectivity index (χ1v) is 19.8. The normalized spacial score (nSPS) is 12.2. The Bertz CT molecular complexity index is 3460. The van der Waals surface area contributed by atoms with Gasteiger partial charge in [-0.3, -0.25) is 4.57 Å². The van der Waals surface area contributed by atoms with Crippen LogP contribution in [0.2, 0.25) is 5.11 Å². The summed E-state index contributed by atoms with van der Waals surface area (Å²) in [5.41, 5.74) is 3.11. The molecule has 0 aliphatic heterocycles. The van der Waals surface area contributed by atoms with E-state index >= 15 is 0 Å². The smallest absolute Gasteiger partial charge is 0.120 e. The summed E-state index contributed by atoms with van der Waals surface area (Å²) in [6.45, 7) is 0. The first-order chi connectivity index (χ1) is 30.6. The summed E-state index contributed by atoms with van der Waals surface area (Å²) in [5.74, 6) is -0.892. The molecule has 0 aliphatic carbocycles. The molecule has 0 saturated heterocycles. The van der Waals surface area contributed by atoms with Crippen LogP contribution in [0.3, 0.4) is 0 Å². The number of fused-ring (bicyclic) bond motifs is 4. The minimum absolute atomic E-state index is 0.00375. The summed E-state index contributed by atoms with van der Waals surface area (Å²) < 4.78 is 1.75. The van der Waals surface area contributed by atoms with Gasteiger partial charge in [0.2, 0.25) is 0 Å². The first-order valence-electron chi connectivity index (χ1n) is 19.8. The number of hydrogen-bond acceptors (Lipinski definition) is 3. The molecule has 0 amide bonds. The van der Waals surface area contributed by atoms with Crippen molar-refractivity contribution in [1.29, 1.82) is 0 Å². The lowest BCUT2D eigenvalue weighted by atomic mass is 9.23. The second-order valence-electron chi connectivity index (χ2n) is 16.2. The SMILES string of the molecule is [B]c1c([B])c(O)c(-c2ccccc2-c2c3c([B])c([B])c([B])c([B])c3c(-c3ccc4cc(-n5c(C([B])([B])C([B])([B])[B])nc6ccccc65)ccc4c3)c3c([B])c([B])c([B])c([B])c23)c([B])c1O. The van der Waals surface area contributed by atoms with Crippen LogP contribution in [0.15, 0.2) is 84.9 Å². The Labute approximate surface area is 398 Å². The van der Waals surface area contributed by atoms with Crippen molar-refractivity contribution in [2.75, 3.05) is 0 Å². The largest absolute Gasteiger partial charge is 0.509 e. The molecule has 0 atom stereocenters. The molecule has 1 heterocycles. The number of aromatic hydroxyl groups is 2.